The summed E-state index contributed by atoms with van der Waals surface area (Å²) in [7, 11) is 0. The molecule has 6 nitrogen and oxygen atoms in total. The molecule has 0 fully saturated rings. The largest absolute Gasteiger partial charge is 0.416 e. The highest BCUT2D eigenvalue weighted by atomic mass is 35.5. The molecule has 3 aromatic carbocycles. The lowest BCUT2D eigenvalue weighted by molar-refractivity contribution is -0.137. The lowest BCUT2D eigenvalue weighted by Crippen LogP contribution is -2.31. The SMILES string of the molecule is O=C1c2ccccc2C(=O)N1Cc1nc2cc(Cl)c(Cl)cc2n1C(=O)c1cccc(C(F)(F)F)c1. The number of hydrogen-bond acceptors (Lipinski definition) is 4. The van der Waals surface area contributed by atoms with E-state index in [1.165, 1.54) is 30.3 Å². The van der Waals surface area contributed by atoms with Crippen molar-refractivity contribution in [3.8, 4) is 0 Å². The second-order valence-corrected chi connectivity index (χ2v) is 8.56. The summed E-state index contributed by atoms with van der Waals surface area (Å²) in [6.45, 7) is -0.402. The average molecular weight is 518 g/mol. The number of carbonyl (C=O) groups is 3. The van der Waals surface area contributed by atoms with Crippen LogP contribution in [0.4, 0.5) is 13.2 Å². The van der Waals surface area contributed by atoms with Crippen LogP contribution in [0.5, 0.6) is 0 Å². The third-order valence-corrected chi connectivity index (χ3v) is 6.31. The first-order valence-electron chi connectivity index (χ1n) is 10.1. The van der Waals surface area contributed by atoms with E-state index in [1.807, 2.05) is 0 Å². The highest BCUT2D eigenvalue weighted by Gasteiger charge is 2.37. The number of imide groups is 1. The van der Waals surface area contributed by atoms with Crippen molar-refractivity contribution in [3.63, 3.8) is 0 Å². The van der Waals surface area contributed by atoms with E-state index in [9.17, 15) is 27.6 Å². The highest BCUT2D eigenvalue weighted by Crippen LogP contribution is 2.32. The van der Waals surface area contributed by atoms with Gasteiger partial charge in [-0.15, -0.1) is 0 Å². The van der Waals surface area contributed by atoms with E-state index in [1.54, 1.807) is 12.1 Å². The molecular formula is C24H12Cl2F3N3O3. The van der Waals surface area contributed by atoms with Crippen LogP contribution in [0.3, 0.4) is 0 Å². The first-order chi connectivity index (χ1) is 16.6. The lowest BCUT2D eigenvalue weighted by Gasteiger charge is -2.15. The van der Waals surface area contributed by atoms with Crippen LogP contribution in [-0.2, 0) is 12.7 Å². The number of alkyl halides is 3. The Labute approximate surface area is 205 Å². The van der Waals surface area contributed by atoms with E-state index in [4.69, 9.17) is 23.2 Å². The van der Waals surface area contributed by atoms with Crippen molar-refractivity contribution < 1.29 is 27.6 Å². The maximum absolute atomic E-state index is 13.5. The summed E-state index contributed by atoms with van der Waals surface area (Å²) in [6, 6.07) is 12.9. The number of amides is 2. The van der Waals surface area contributed by atoms with Gasteiger partial charge in [-0.3, -0.25) is 23.9 Å². The zero-order chi connectivity index (χ0) is 25.1. The average Bonchev–Trinajstić information content (AvgIpc) is 3.28. The van der Waals surface area contributed by atoms with Crippen molar-refractivity contribution in [2.75, 3.05) is 0 Å². The molecule has 4 aromatic rings. The summed E-state index contributed by atoms with van der Waals surface area (Å²) in [5, 5.41) is 0.229. The molecule has 5 rings (SSSR count). The van der Waals surface area contributed by atoms with E-state index in [0.717, 1.165) is 27.7 Å². The van der Waals surface area contributed by atoms with Crippen LogP contribution >= 0.6 is 23.2 Å². The van der Waals surface area contributed by atoms with Crippen molar-refractivity contribution in [2.24, 2.45) is 0 Å². The minimum absolute atomic E-state index is 0.0461. The molecule has 176 valence electrons. The minimum Gasteiger partial charge on any atom is -0.269 e. The Morgan fingerprint density at radius 3 is 2.14 bits per heavy atom. The van der Waals surface area contributed by atoms with Crippen LogP contribution in [-0.4, -0.2) is 32.2 Å². The number of carbonyl (C=O) groups excluding carboxylic acids is 3. The number of benzene rings is 3. The number of nitrogens with zero attached hydrogens (tertiary/aromatic N) is 3. The Kier molecular flexibility index (Phi) is 5.41. The fourth-order valence-corrected chi connectivity index (χ4v) is 4.25. The zero-order valence-electron chi connectivity index (χ0n) is 17.4. The second-order valence-electron chi connectivity index (χ2n) is 7.74. The summed E-state index contributed by atoms with van der Waals surface area (Å²) < 4.78 is 40.8. The van der Waals surface area contributed by atoms with Gasteiger partial charge in [-0.25, -0.2) is 4.98 Å². The van der Waals surface area contributed by atoms with E-state index in [0.29, 0.717) is 0 Å². The zero-order valence-corrected chi connectivity index (χ0v) is 18.9. The van der Waals surface area contributed by atoms with Gasteiger partial charge in [-0.05, 0) is 42.5 Å². The molecule has 11 heteroatoms. The molecule has 2 amide bonds. The highest BCUT2D eigenvalue weighted by molar-refractivity contribution is 6.42. The van der Waals surface area contributed by atoms with Crippen molar-refractivity contribution in [1.29, 1.82) is 0 Å². The van der Waals surface area contributed by atoms with Gasteiger partial charge in [0.15, 0.2) is 0 Å². The van der Waals surface area contributed by atoms with Gasteiger partial charge in [-0.2, -0.15) is 13.2 Å². The number of halogens is 5. The second kappa shape index (κ2) is 8.21. The number of hydrogen-bond donors (Lipinski definition) is 0. The maximum atomic E-state index is 13.5. The Morgan fingerprint density at radius 2 is 1.51 bits per heavy atom. The summed E-state index contributed by atoms with van der Waals surface area (Å²) in [4.78, 5) is 44.5. The first-order valence-corrected chi connectivity index (χ1v) is 10.9. The fourth-order valence-electron chi connectivity index (χ4n) is 3.94. The molecule has 1 aliphatic rings. The van der Waals surface area contributed by atoms with Gasteiger partial charge in [-0.1, -0.05) is 41.4 Å². The monoisotopic (exact) mass is 517 g/mol. The van der Waals surface area contributed by atoms with Crippen LogP contribution in [0.1, 0.15) is 42.5 Å². The van der Waals surface area contributed by atoms with Gasteiger partial charge < -0.3 is 0 Å². The van der Waals surface area contributed by atoms with Gasteiger partial charge in [0.25, 0.3) is 17.7 Å². The van der Waals surface area contributed by atoms with Crippen LogP contribution in [0.2, 0.25) is 10.0 Å². The van der Waals surface area contributed by atoms with Crippen molar-refractivity contribution in [2.45, 2.75) is 12.7 Å². The fraction of sp³-hybridized carbons (Fsp3) is 0.0833. The van der Waals surface area contributed by atoms with E-state index in [2.05, 4.69) is 4.98 Å². The van der Waals surface area contributed by atoms with Crippen LogP contribution in [0.15, 0.2) is 60.7 Å². The van der Waals surface area contributed by atoms with Gasteiger partial charge in [0, 0.05) is 5.56 Å². The molecule has 2 heterocycles. The molecule has 1 aliphatic heterocycles. The molecule has 0 unspecified atom stereocenters. The minimum atomic E-state index is -4.66. The van der Waals surface area contributed by atoms with Crippen molar-refractivity contribution in [1.82, 2.24) is 14.5 Å². The molecule has 0 atom stereocenters. The molecule has 0 N–H and O–H groups in total. The summed E-state index contributed by atoms with van der Waals surface area (Å²) in [5.41, 5.74) is -0.491. The lowest BCUT2D eigenvalue weighted by atomic mass is 10.1. The number of imidazole rings is 1. The van der Waals surface area contributed by atoms with Crippen LogP contribution in [0.25, 0.3) is 11.0 Å². The molecule has 1 aromatic heterocycles. The smallest absolute Gasteiger partial charge is 0.269 e. The van der Waals surface area contributed by atoms with E-state index in [-0.39, 0.29) is 43.6 Å². The first kappa shape index (κ1) is 23.1. The van der Waals surface area contributed by atoms with Gasteiger partial charge in [0.2, 0.25) is 0 Å². The van der Waals surface area contributed by atoms with Crippen LogP contribution < -0.4 is 0 Å². The Hall–Kier alpha value is -3.69. The van der Waals surface area contributed by atoms with Crippen LogP contribution in [0, 0.1) is 0 Å². The predicted molar refractivity (Wildman–Crippen MR) is 122 cm³/mol. The summed E-state index contributed by atoms with van der Waals surface area (Å²) in [5.74, 6) is -2.04. The molecule has 0 aliphatic carbocycles. The standard InChI is InChI=1S/C24H12Cl2F3N3O3/c25-16-9-18-19(10-17(16)26)32(21(33)12-4-3-5-13(8-12)24(27,28)29)20(30-18)11-31-22(34)14-6-1-2-7-15(14)23(31)35/h1-10H,11H2. The molecule has 0 bridgehead atoms. The Bertz CT molecular complexity index is 1530. The summed E-state index contributed by atoms with van der Waals surface area (Å²) in [6.07, 6.45) is -4.66. The molecular weight excluding hydrogens is 506 g/mol. The van der Waals surface area contributed by atoms with E-state index < -0.39 is 36.0 Å². The normalized spacial score (nSPS) is 13.6. The maximum Gasteiger partial charge on any atom is 0.416 e. The van der Waals surface area contributed by atoms with E-state index >= 15 is 0 Å². The molecule has 0 spiro atoms. The van der Waals surface area contributed by atoms with Gasteiger partial charge in [0.1, 0.15) is 5.82 Å². The number of fused-ring (bicyclic) bond motifs is 2. The topological polar surface area (TPSA) is 72.3 Å². The predicted octanol–water partition coefficient (Wildman–Crippen LogP) is 5.85. The number of aromatic nitrogens is 2. The molecule has 0 saturated carbocycles. The number of rotatable bonds is 3. The van der Waals surface area contributed by atoms with Gasteiger partial charge >= 0.3 is 6.18 Å². The summed E-state index contributed by atoms with van der Waals surface area (Å²) >= 11 is 12.2. The Balaban J connectivity index is 1.64. The van der Waals surface area contributed by atoms with Crippen molar-refractivity contribution in [3.05, 3.63) is 98.8 Å². The van der Waals surface area contributed by atoms with Crippen molar-refractivity contribution >= 4 is 52.0 Å². The molecule has 0 saturated heterocycles. The third kappa shape index (κ3) is 3.86. The molecule has 35 heavy (non-hydrogen) atoms. The van der Waals surface area contributed by atoms with Gasteiger partial charge in [0.05, 0.1) is 44.3 Å². The quantitative estimate of drug-likeness (QED) is 0.319. The third-order valence-electron chi connectivity index (χ3n) is 5.58. The molecule has 0 radical (unpaired) electrons. The Morgan fingerprint density at radius 1 is 0.886 bits per heavy atom.